The van der Waals surface area contributed by atoms with Crippen molar-refractivity contribution in [3.05, 3.63) is 53.6 Å². The predicted molar refractivity (Wildman–Crippen MR) is 85.4 cm³/mol. The van der Waals surface area contributed by atoms with Crippen molar-refractivity contribution < 1.29 is 9.18 Å². The lowest BCUT2D eigenvalue weighted by Crippen LogP contribution is -2.47. The standard InChI is InChI=1S/C17H21FN4O/c1-21-11-14(9-19-21)17(23)20-16-3-2-8-22(12-16)10-13-4-6-15(18)7-5-13/h4-7,9,11,16H,2-3,8,10,12H2,1H3,(H,20,23). The van der Waals surface area contributed by atoms with Gasteiger partial charge in [0.2, 0.25) is 0 Å². The summed E-state index contributed by atoms with van der Waals surface area (Å²) in [4.78, 5) is 14.5. The number of rotatable bonds is 4. The molecule has 1 aromatic carbocycles. The Morgan fingerprint density at radius 3 is 2.87 bits per heavy atom. The van der Waals surface area contributed by atoms with Gasteiger partial charge in [0.25, 0.3) is 5.91 Å². The van der Waals surface area contributed by atoms with Crippen LogP contribution in [0.5, 0.6) is 0 Å². The van der Waals surface area contributed by atoms with Crippen LogP contribution >= 0.6 is 0 Å². The molecule has 2 heterocycles. The number of nitrogens with one attached hydrogen (secondary N) is 1. The Balaban J connectivity index is 1.55. The van der Waals surface area contributed by atoms with E-state index in [-0.39, 0.29) is 17.8 Å². The topological polar surface area (TPSA) is 50.2 Å². The molecule has 1 fully saturated rings. The zero-order valence-electron chi connectivity index (χ0n) is 13.2. The maximum atomic E-state index is 13.0. The highest BCUT2D eigenvalue weighted by atomic mass is 19.1. The number of hydrogen-bond acceptors (Lipinski definition) is 3. The Morgan fingerprint density at radius 2 is 2.17 bits per heavy atom. The Labute approximate surface area is 135 Å². The molecule has 122 valence electrons. The number of benzene rings is 1. The minimum absolute atomic E-state index is 0.0771. The normalized spacial score (nSPS) is 18.8. The summed E-state index contributed by atoms with van der Waals surface area (Å²) in [7, 11) is 1.79. The van der Waals surface area contributed by atoms with Crippen LogP contribution in [0.15, 0.2) is 36.7 Å². The van der Waals surface area contributed by atoms with Crippen LogP contribution in [-0.4, -0.2) is 39.7 Å². The van der Waals surface area contributed by atoms with Gasteiger partial charge in [-0.05, 0) is 37.1 Å². The predicted octanol–water partition coefficient (Wildman–Crippen LogP) is 1.95. The van der Waals surface area contributed by atoms with Crippen LogP contribution in [0.3, 0.4) is 0 Å². The third-order valence-electron chi connectivity index (χ3n) is 4.13. The lowest BCUT2D eigenvalue weighted by atomic mass is 10.0. The van der Waals surface area contributed by atoms with E-state index >= 15 is 0 Å². The van der Waals surface area contributed by atoms with Gasteiger partial charge < -0.3 is 5.32 Å². The SMILES string of the molecule is Cn1cc(C(=O)NC2CCCN(Cc3ccc(F)cc3)C2)cn1. The summed E-state index contributed by atoms with van der Waals surface area (Å²) < 4.78 is 14.6. The molecule has 23 heavy (non-hydrogen) atoms. The van der Waals surface area contributed by atoms with Crippen molar-refractivity contribution in [3.8, 4) is 0 Å². The van der Waals surface area contributed by atoms with Gasteiger partial charge in [-0.15, -0.1) is 0 Å². The van der Waals surface area contributed by atoms with Gasteiger partial charge in [-0.1, -0.05) is 12.1 Å². The monoisotopic (exact) mass is 316 g/mol. The summed E-state index contributed by atoms with van der Waals surface area (Å²) in [6, 6.07) is 6.74. The molecule has 1 amide bonds. The lowest BCUT2D eigenvalue weighted by molar-refractivity contribution is 0.0900. The molecule has 2 aromatic rings. The second-order valence-corrected chi connectivity index (χ2v) is 6.08. The van der Waals surface area contributed by atoms with Crippen molar-refractivity contribution in [2.45, 2.75) is 25.4 Å². The quantitative estimate of drug-likeness (QED) is 0.938. The minimum Gasteiger partial charge on any atom is -0.348 e. The highest BCUT2D eigenvalue weighted by Crippen LogP contribution is 2.14. The molecule has 1 atom stereocenters. The molecule has 0 spiro atoms. The molecule has 1 aliphatic rings. The number of carbonyl (C=O) groups excluding carboxylic acids is 1. The summed E-state index contributed by atoms with van der Waals surface area (Å²) in [5.74, 6) is -0.291. The molecule has 1 aromatic heterocycles. The summed E-state index contributed by atoms with van der Waals surface area (Å²) in [6.07, 6.45) is 5.31. The van der Waals surface area contributed by atoms with Crippen molar-refractivity contribution in [3.63, 3.8) is 0 Å². The zero-order valence-corrected chi connectivity index (χ0v) is 13.2. The second-order valence-electron chi connectivity index (χ2n) is 6.08. The van der Waals surface area contributed by atoms with E-state index in [0.717, 1.165) is 38.0 Å². The van der Waals surface area contributed by atoms with Gasteiger partial charge in [0.1, 0.15) is 5.82 Å². The van der Waals surface area contributed by atoms with Crippen LogP contribution < -0.4 is 5.32 Å². The first kappa shape index (κ1) is 15.7. The smallest absolute Gasteiger partial charge is 0.254 e. The van der Waals surface area contributed by atoms with E-state index in [9.17, 15) is 9.18 Å². The van der Waals surface area contributed by atoms with Crippen LogP contribution in [0.25, 0.3) is 0 Å². The highest BCUT2D eigenvalue weighted by Gasteiger charge is 2.22. The molecule has 3 rings (SSSR count). The first-order valence-electron chi connectivity index (χ1n) is 7.86. The number of hydrogen-bond donors (Lipinski definition) is 1. The summed E-state index contributed by atoms with van der Waals surface area (Å²) in [6.45, 7) is 2.58. The molecule has 0 bridgehead atoms. The zero-order chi connectivity index (χ0) is 16.2. The Kier molecular flexibility index (Phi) is 4.71. The average molecular weight is 316 g/mol. The third kappa shape index (κ3) is 4.16. The van der Waals surface area contributed by atoms with Crippen LogP contribution in [-0.2, 0) is 13.6 Å². The van der Waals surface area contributed by atoms with E-state index in [1.807, 2.05) is 12.1 Å². The van der Waals surface area contributed by atoms with Gasteiger partial charge in [-0.3, -0.25) is 14.4 Å². The lowest BCUT2D eigenvalue weighted by Gasteiger charge is -2.33. The van der Waals surface area contributed by atoms with Crippen molar-refractivity contribution in [2.75, 3.05) is 13.1 Å². The average Bonchev–Trinajstić information content (AvgIpc) is 2.97. The van der Waals surface area contributed by atoms with Gasteiger partial charge in [0.15, 0.2) is 0 Å². The first-order chi connectivity index (χ1) is 11.1. The minimum atomic E-state index is -0.214. The van der Waals surface area contributed by atoms with E-state index in [0.29, 0.717) is 5.56 Å². The summed E-state index contributed by atoms with van der Waals surface area (Å²) in [5.41, 5.74) is 1.67. The molecule has 1 N–H and O–H groups in total. The fourth-order valence-electron chi connectivity index (χ4n) is 2.97. The van der Waals surface area contributed by atoms with Crippen LogP contribution in [0.2, 0.25) is 0 Å². The molecule has 0 aliphatic carbocycles. The van der Waals surface area contributed by atoms with Gasteiger partial charge in [-0.2, -0.15) is 5.10 Å². The van der Waals surface area contributed by atoms with Crippen molar-refractivity contribution >= 4 is 5.91 Å². The number of aryl methyl sites for hydroxylation is 1. The van der Waals surface area contributed by atoms with E-state index in [2.05, 4.69) is 15.3 Å². The number of piperidine rings is 1. The van der Waals surface area contributed by atoms with E-state index in [1.54, 1.807) is 24.1 Å². The first-order valence-corrected chi connectivity index (χ1v) is 7.86. The number of halogens is 1. The van der Waals surface area contributed by atoms with Crippen LogP contribution in [0, 0.1) is 5.82 Å². The molecule has 1 unspecified atom stereocenters. The highest BCUT2D eigenvalue weighted by molar-refractivity contribution is 5.93. The van der Waals surface area contributed by atoms with Crippen LogP contribution in [0.4, 0.5) is 4.39 Å². The van der Waals surface area contributed by atoms with E-state index in [4.69, 9.17) is 0 Å². The van der Waals surface area contributed by atoms with Crippen LogP contribution in [0.1, 0.15) is 28.8 Å². The largest absolute Gasteiger partial charge is 0.348 e. The number of amides is 1. The van der Waals surface area contributed by atoms with Gasteiger partial charge in [0, 0.05) is 32.4 Å². The molecule has 5 nitrogen and oxygen atoms in total. The van der Waals surface area contributed by atoms with E-state index in [1.165, 1.54) is 12.1 Å². The van der Waals surface area contributed by atoms with Crippen molar-refractivity contribution in [1.82, 2.24) is 20.0 Å². The summed E-state index contributed by atoms with van der Waals surface area (Å²) >= 11 is 0. The molecule has 0 radical (unpaired) electrons. The molecule has 0 saturated carbocycles. The molecule has 1 aliphatic heterocycles. The summed E-state index contributed by atoms with van der Waals surface area (Å²) in [5, 5.41) is 7.10. The number of nitrogens with zero attached hydrogens (tertiary/aromatic N) is 3. The fourth-order valence-corrected chi connectivity index (χ4v) is 2.97. The van der Waals surface area contributed by atoms with Gasteiger partial charge in [0.05, 0.1) is 11.8 Å². The van der Waals surface area contributed by atoms with Crippen molar-refractivity contribution in [1.29, 1.82) is 0 Å². The molecular weight excluding hydrogens is 295 g/mol. The number of likely N-dealkylation sites (tertiary alicyclic amines) is 1. The second kappa shape index (κ2) is 6.91. The molecule has 6 heteroatoms. The van der Waals surface area contributed by atoms with Crippen molar-refractivity contribution in [2.24, 2.45) is 7.05 Å². The number of aromatic nitrogens is 2. The number of carbonyl (C=O) groups is 1. The van der Waals surface area contributed by atoms with Gasteiger partial charge >= 0.3 is 0 Å². The maximum Gasteiger partial charge on any atom is 0.254 e. The molecule has 1 saturated heterocycles. The third-order valence-corrected chi connectivity index (χ3v) is 4.13. The fraction of sp³-hybridized carbons (Fsp3) is 0.412. The Hall–Kier alpha value is -2.21. The maximum absolute atomic E-state index is 13.0. The molecular formula is C17H21FN4O. The van der Waals surface area contributed by atoms with Gasteiger partial charge in [-0.25, -0.2) is 4.39 Å². The van der Waals surface area contributed by atoms with E-state index < -0.39 is 0 Å². The Bertz CT molecular complexity index is 667. The Morgan fingerprint density at radius 1 is 1.39 bits per heavy atom.